The van der Waals surface area contributed by atoms with Crippen molar-refractivity contribution in [1.29, 1.82) is 0 Å². The molecular formula is C45H28N4. The van der Waals surface area contributed by atoms with E-state index in [9.17, 15) is 0 Å². The molecule has 4 aromatic heterocycles. The van der Waals surface area contributed by atoms with Crippen molar-refractivity contribution in [2.24, 2.45) is 0 Å². The first-order valence-corrected chi connectivity index (χ1v) is 16.5. The van der Waals surface area contributed by atoms with Gasteiger partial charge in [-0.05, 0) is 95.1 Å². The highest BCUT2D eigenvalue weighted by molar-refractivity contribution is 6.20. The van der Waals surface area contributed by atoms with Crippen molar-refractivity contribution in [2.75, 3.05) is 0 Å². The molecule has 0 saturated carbocycles. The summed E-state index contributed by atoms with van der Waals surface area (Å²) in [7, 11) is 0. The maximum Gasteiger partial charge on any atom is 0.0802 e. The molecule has 0 amide bonds. The topological polar surface area (TPSA) is 43.6 Å². The summed E-state index contributed by atoms with van der Waals surface area (Å²) < 4.78 is 2.37. The van der Waals surface area contributed by atoms with Gasteiger partial charge in [-0.3, -0.25) is 15.0 Å². The maximum absolute atomic E-state index is 4.82. The van der Waals surface area contributed by atoms with Crippen LogP contribution in [-0.4, -0.2) is 19.5 Å². The molecule has 0 fully saturated rings. The van der Waals surface area contributed by atoms with Gasteiger partial charge in [0, 0.05) is 62.3 Å². The highest BCUT2D eigenvalue weighted by Gasteiger charge is 2.16. The summed E-state index contributed by atoms with van der Waals surface area (Å²) in [5.41, 5.74) is 13.0. The van der Waals surface area contributed by atoms with Crippen molar-refractivity contribution in [3.05, 3.63) is 170 Å². The van der Waals surface area contributed by atoms with E-state index in [1.54, 1.807) is 0 Å². The first kappa shape index (κ1) is 27.5. The highest BCUT2D eigenvalue weighted by Crippen LogP contribution is 2.38. The Bertz CT molecular complexity index is 2800. The van der Waals surface area contributed by atoms with Crippen molar-refractivity contribution < 1.29 is 0 Å². The van der Waals surface area contributed by atoms with E-state index in [1.807, 2.05) is 36.8 Å². The zero-order valence-corrected chi connectivity index (χ0v) is 26.5. The zero-order valence-electron chi connectivity index (χ0n) is 26.5. The number of hydrogen-bond acceptors (Lipinski definition) is 3. The molecule has 0 aliphatic rings. The number of pyridine rings is 3. The molecule has 0 spiro atoms. The van der Waals surface area contributed by atoms with Gasteiger partial charge in [0.05, 0.1) is 27.6 Å². The summed E-state index contributed by atoms with van der Waals surface area (Å²) in [6.07, 6.45) is 5.85. The molecule has 0 saturated heterocycles. The maximum atomic E-state index is 4.82. The molecule has 49 heavy (non-hydrogen) atoms. The van der Waals surface area contributed by atoms with Gasteiger partial charge in [0.2, 0.25) is 0 Å². The van der Waals surface area contributed by atoms with Crippen LogP contribution < -0.4 is 0 Å². The predicted molar refractivity (Wildman–Crippen MR) is 203 cm³/mol. The molecule has 228 valence electrons. The number of rotatable bonds is 4. The fraction of sp³-hybridized carbons (Fsp3) is 0. The number of fused-ring (bicyclic) bond motifs is 7. The van der Waals surface area contributed by atoms with Gasteiger partial charge in [-0.1, -0.05) is 78.9 Å². The van der Waals surface area contributed by atoms with Gasteiger partial charge in [-0.25, -0.2) is 0 Å². The smallest absolute Gasteiger partial charge is 0.0802 e. The number of para-hydroxylation sites is 3. The fourth-order valence-corrected chi connectivity index (χ4v) is 7.28. The van der Waals surface area contributed by atoms with E-state index in [4.69, 9.17) is 15.0 Å². The Kier molecular flexibility index (Phi) is 6.15. The molecule has 0 bridgehead atoms. The van der Waals surface area contributed by atoms with Crippen LogP contribution in [-0.2, 0) is 0 Å². The van der Waals surface area contributed by atoms with Gasteiger partial charge in [0.15, 0.2) is 0 Å². The minimum absolute atomic E-state index is 0.989. The number of hydrogen-bond donors (Lipinski definition) is 0. The van der Waals surface area contributed by atoms with E-state index < -0.39 is 0 Å². The largest absolute Gasteiger partial charge is 0.309 e. The van der Waals surface area contributed by atoms with Crippen LogP contribution >= 0.6 is 0 Å². The lowest BCUT2D eigenvalue weighted by Gasteiger charge is -2.14. The minimum atomic E-state index is 0.989. The SMILES string of the molecule is c1cc(-c2cc(-c3cnc4ccccc4c3)cc(-c3cnc4ccccc4c3)c2)cc(-n2c3ccccc3c3c4ncccc4ccc32)c1. The summed E-state index contributed by atoms with van der Waals surface area (Å²) >= 11 is 0. The fourth-order valence-electron chi connectivity index (χ4n) is 7.28. The first-order valence-electron chi connectivity index (χ1n) is 16.5. The van der Waals surface area contributed by atoms with Crippen LogP contribution in [0.3, 0.4) is 0 Å². The molecule has 0 unspecified atom stereocenters. The number of benzene rings is 6. The highest BCUT2D eigenvalue weighted by atomic mass is 15.0. The van der Waals surface area contributed by atoms with E-state index in [-0.39, 0.29) is 0 Å². The monoisotopic (exact) mass is 624 g/mol. The molecule has 10 aromatic rings. The van der Waals surface area contributed by atoms with Gasteiger partial charge < -0.3 is 4.57 Å². The number of aromatic nitrogens is 4. The van der Waals surface area contributed by atoms with Crippen LogP contribution in [0.25, 0.3) is 93.6 Å². The van der Waals surface area contributed by atoms with Gasteiger partial charge in [0.25, 0.3) is 0 Å². The Morgan fingerprint density at radius 3 is 1.76 bits per heavy atom. The lowest BCUT2D eigenvalue weighted by atomic mass is 9.93. The Balaban J connectivity index is 1.19. The predicted octanol–water partition coefficient (Wildman–Crippen LogP) is 11.4. The normalized spacial score (nSPS) is 11.7. The molecular weight excluding hydrogens is 597 g/mol. The van der Waals surface area contributed by atoms with Crippen molar-refractivity contribution in [2.45, 2.75) is 0 Å². The van der Waals surface area contributed by atoms with Gasteiger partial charge in [-0.2, -0.15) is 0 Å². The lowest BCUT2D eigenvalue weighted by Crippen LogP contribution is -1.95. The molecule has 6 aromatic carbocycles. The van der Waals surface area contributed by atoms with E-state index in [0.717, 1.165) is 82.8 Å². The Morgan fingerprint density at radius 2 is 1.02 bits per heavy atom. The molecule has 4 nitrogen and oxygen atoms in total. The average molecular weight is 625 g/mol. The van der Waals surface area contributed by atoms with Gasteiger partial charge in [0.1, 0.15) is 0 Å². The molecule has 0 aliphatic carbocycles. The average Bonchev–Trinajstić information content (AvgIpc) is 3.52. The summed E-state index contributed by atoms with van der Waals surface area (Å²) in [5.74, 6) is 0. The van der Waals surface area contributed by atoms with E-state index in [0.29, 0.717) is 0 Å². The molecule has 4 heteroatoms. The second-order valence-corrected chi connectivity index (χ2v) is 12.6. The molecule has 10 rings (SSSR count). The van der Waals surface area contributed by atoms with Gasteiger partial charge in [-0.15, -0.1) is 0 Å². The third kappa shape index (κ3) is 4.57. The quantitative estimate of drug-likeness (QED) is 0.196. The van der Waals surface area contributed by atoms with Crippen LogP contribution in [0.5, 0.6) is 0 Å². The molecule has 0 radical (unpaired) electrons. The molecule has 0 N–H and O–H groups in total. The van der Waals surface area contributed by atoms with Crippen LogP contribution in [0.4, 0.5) is 0 Å². The second kappa shape index (κ2) is 11.0. The summed E-state index contributed by atoms with van der Waals surface area (Å²) in [4.78, 5) is 14.4. The van der Waals surface area contributed by atoms with Crippen molar-refractivity contribution in [1.82, 2.24) is 19.5 Å². The van der Waals surface area contributed by atoms with Crippen molar-refractivity contribution >= 4 is 54.5 Å². The van der Waals surface area contributed by atoms with E-state index in [1.165, 1.54) is 10.8 Å². The lowest BCUT2D eigenvalue weighted by molar-refractivity contribution is 1.18. The van der Waals surface area contributed by atoms with Crippen LogP contribution in [0.15, 0.2) is 170 Å². The van der Waals surface area contributed by atoms with Crippen molar-refractivity contribution in [3.63, 3.8) is 0 Å². The van der Waals surface area contributed by atoms with Crippen LogP contribution in [0.1, 0.15) is 0 Å². The molecule has 4 heterocycles. The third-order valence-corrected chi connectivity index (χ3v) is 9.63. The van der Waals surface area contributed by atoms with Crippen LogP contribution in [0.2, 0.25) is 0 Å². The number of nitrogens with zero attached hydrogens (tertiary/aromatic N) is 4. The Hall–Kier alpha value is -6.65. The van der Waals surface area contributed by atoms with Crippen LogP contribution in [0, 0.1) is 0 Å². The summed E-state index contributed by atoms with van der Waals surface area (Å²) in [5, 5.41) is 5.76. The Labute approximate surface area is 282 Å². The van der Waals surface area contributed by atoms with E-state index in [2.05, 4.69) is 138 Å². The van der Waals surface area contributed by atoms with Crippen molar-refractivity contribution in [3.8, 4) is 39.1 Å². The van der Waals surface area contributed by atoms with E-state index >= 15 is 0 Å². The molecule has 0 atom stereocenters. The molecule has 0 aliphatic heterocycles. The Morgan fingerprint density at radius 1 is 0.388 bits per heavy atom. The minimum Gasteiger partial charge on any atom is -0.309 e. The van der Waals surface area contributed by atoms with Gasteiger partial charge >= 0.3 is 0 Å². The third-order valence-electron chi connectivity index (χ3n) is 9.63. The zero-order chi connectivity index (χ0) is 32.3. The second-order valence-electron chi connectivity index (χ2n) is 12.6. The first-order chi connectivity index (χ1) is 24.3. The standard InChI is InChI=1S/C45H28N4/c1-4-15-40-31(9-1)21-36(27-47-40)34-23-33(24-35(25-34)37-22-32-10-2-5-16-41(32)48-28-37)30-11-7-13-38(26-30)49-42-17-6-3-14-39(42)44-43(49)19-18-29-12-8-20-46-45(29)44/h1-28H. The summed E-state index contributed by atoms with van der Waals surface area (Å²) in [6, 6.07) is 53.9. The summed E-state index contributed by atoms with van der Waals surface area (Å²) in [6.45, 7) is 0.